The number of nitrogens with zero attached hydrogens (tertiary/aromatic N) is 2. The molecule has 1 N–H and O–H groups in total. The van der Waals surface area contributed by atoms with Crippen LogP contribution in [0.3, 0.4) is 0 Å². The molecule has 1 amide bonds. The number of hydrogen-bond acceptors (Lipinski definition) is 7. The van der Waals surface area contributed by atoms with Crippen molar-refractivity contribution in [1.82, 2.24) is 0 Å². The Bertz CT molecular complexity index is 1080. The highest BCUT2D eigenvalue weighted by molar-refractivity contribution is 8.15. The first kappa shape index (κ1) is 20.7. The molecular formula is C21H23N3O4S2. The van der Waals surface area contributed by atoms with Gasteiger partial charge in [-0.3, -0.25) is 9.79 Å². The van der Waals surface area contributed by atoms with Crippen LogP contribution >= 0.6 is 11.8 Å². The molecule has 2 aliphatic rings. The SMILES string of the molecule is COc1ccc(N(CC(=O)Nc2ccccc2C)C2=N[C@@H]3CS(=O)(=O)C[C@H]3S2)cc1. The zero-order valence-corrected chi connectivity index (χ0v) is 18.4. The van der Waals surface area contributed by atoms with E-state index in [2.05, 4.69) is 10.3 Å². The van der Waals surface area contributed by atoms with E-state index >= 15 is 0 Å². The number of fused-ring (bicyclic) bond motifs is 1. The van der Waals surface area contributed by atoms with E-state index in [-0.39, 0.29) is 35.2 Å². The van der Waals surface area contributed by atoms with Crippen LogP contribution in [0.4, 0.5) is 11.4 Å². The number of aryl methyl sites for hydroxylation is 1. The van der Waals surface area contributed by atoms with Crippen LogP contribution in [0.5, 0.6) is 5.75 Å². The number of nitrogens with one attached hydrogen (secondary N) is 1. The largest absolute Gasteiger partial charge is 0.497 e. The molecule has 1 fully saturated rings. The van der Waals surface area contributed by atoms with Gasteiger partial charge in [0, 0.05) is 16.6 Å². The number of benzene rings is 2. The Hall–Kier alpha value is -2.52. The quantitative estimate of drug-likeness (QED) is 0.761. The predicted octanol–water partition coefficient (Wildman–Crippen LogP) is 2.72. The van der Waals surface area contributed by atoms with E-state index in [1.807, 2.05) is 60.4 Å². The van der Waals surface area contributed by atoms with Crippen molar-refractivity contribution in [2.45, 2.75) is 18.2 Å². The van der Waals surface area contributed by atoms with E-state index in [9.17, 15) is 13.2 Å². The Balaban J connectivity index is 1.58. The zero-order valence-electron chi connectivity index (χ0n) is 16.7. The predicted molar refractivity (Wildman–Crippen MR) is 121 cm³/mol. The van der Waals surface area contributed by atoms with Gasteiger partial charge in [-0.1, -0.05) is 30.0 Å². The van der Waals surface area contributed by atoms with E-state index in [1.165, 1.54) is 11.8 Å². The molecular weight excluding hydrogens is 422 g/mol. The third-order valence-corrected chi connectivity index (χ3v) is 8.39. The molecule has 30 heavy (non-hydrogen) atoms. The Labute approximate surface area is 180 Å². The Kier molecular flexibility index (Phi) is 5.75. The van der Waals surface area contributed by atoms with Gasteiger partial charge in [0.1, 0.15) is 12.3 Å². The molecule has 0 saturated carbocycles. The van der Waals surface area contributed by atoms with Crippen LogP contribution < -0.4 is 15.0 Å². The summed E-state index contributed by atoms with van der Waals surface area (Å²) in [7, 11) is -1.44. The first-order valence-corrected chi connectivity index (χ1v) is 12.3. The number of anilines is 2. The van der Waals surface area contributed by atoms with Gasteiger partial charge in [-0.25, -0.2) is 8.42 Å². The van der Waals surface area contributed by atoms with Gasteiger partial charge < -0.3 is 15.0 Å². The van der Waals surface area contributed by atoms with Gasteiger partial charge in [0.15, 0.2) is 15.0 Å². The van der Waals surface area contributed by atoms with Crippen LogP contribution in [0.25, 0.3) is 0 Å². The fourth-order valence-electron chi connectivity index (χ4n) is 3.55. The highest BCUT2D eigenvalue weighted by Crippen LogP contribution is 2.37. The molecule has 0 unspecified atom stereocenters. The lowest BCUT2D eigenvalue weighted by Gasteiger charge is -2.24. The molecule has 2 aromatic rings. The summed E-state index contributed by atoms with van der Waals surface area (Å²) in [6.45, 7) is 2.01. The number of aliphatic imine (C=N–C) groups is 1. The molecule has 0 aromatic heterocycles. The van der Waals surface area contributed by atoms with Crippen molar-refractivity contribution < 1.29 is 17.9 Å². The van der Waals surface area contributed by atoms with E-state index in [4.69, 9.17) is 4.74 Å². The van der Waals surface area contributed by atoms with E-state index < -0.39 is 9.84 Å². The summed E-state index contributed by atoms with van der Waals surface area (Å²) >= 11 is 1.43. The van der Waals surface area contributed by atoms with Crippen LogP contribution in [0, 0.1) is 6.92 Å². The fraction of sp³-hybridized carbons (Fsp3) is 0.333. The van der Waals surface area contributed by atoms with Gasteiger partial charge in [-0.2, -0.15) is 0 Å². The van der Waals surface area contributed by atoms with Crippen LogP contribution in [-0.2, 0) is 14.6 Å². The van der Waals surface area contributed by atoms with Crippen molar-refractivity contribution in [1.29, 1.82) is 0 Å². The van der Waals surface area contributed by atoms with E-state index in [1.54, 1.807) is 7.11 Å². The molecule has 4 rings (SSSR count). The maximum atomic E-state index is 12.8. The van der Waals surface area contributed by atoms with Crippen LogP contribution in [-0.4, -0.2) is 55.9 Å². The number of amidine groups is 1. The van der Waals surface area contributed by atoms with Gasteiger partial charge in [0.25, 0.3) is 0 Å². The molecule has 2 atom stereocenters. The monoisotopic (exact) mass is 445 g/mol. The highest BCUT2D eigenvalue weighted by atomic mass is 32.2. The number of thioether (sulfide) groups is 1. The van der Waals surface area contributed by atoms with Gasteiger partial charge >= 0.3 is 0 Å². The number of carbonyl (C=O) groups is 1. The average molecular weight is 446 g/mol. The van der Waals surface area contributed by atoms with Crippen molar-refractivity contribution in [3.63, 3.8) is 0 Å². The maximum absolute atomic E-state index is 12.8. The molecule has 2 heterocycles. The standard InChI is InChI=1S/C21H23N3O4S2/c1-14-5-3-4-6-17(14)22-20(25)11-24(15-7-9-16(28-2)10-8-15)21-23-18-12-30(26,27)13-19(18)29-21/h3-10,18-19H,11-13H2,1-2H3,(H,22,25)/t18-,19-/m1/s1. The van der Waals surface area contributed by atoms with Crippen molar-refractivity contribution in [3.05, 3.63) is 54.1 Å². The summed E-state index contributed by atoms with van der Waals surface area (Å²) in [4.78, 5) is 19.3. The first-order chi connectivity index (χ1) is 14.3. The Morgan fingerprint density at radius 1 is 1.20 bits per heavy atom. The van der Waals surface area contributed by atoms with Crippen molar-refractivity contribution >= 4 is 44.0 Å². The molecule has 9 heteroatoms. The van der Waals surface area contributed by atoms with Crippen molar-refractivity contribution in [3.8, 4) is 5.75 Å². The summed E-state index contributed by atoms with van der Waals surface area (Å²) in [6, 6.07) is 14.7. The minimum atomic E-state index is -3.04. The number of hydrogen-bond donors (Lipinski definition) is 1. The van der Waals surface area contributed by atoms with E-state index in [0.29, 0.717) is 10.9 Å². The highest BCUT2D eigenvalue weighted by Gasteiger charge is 2.44. The zero-order chi connectivity index (χ0) is 21.3. The number of carbonyl (C=O) groups excluding carboxylic acids is 1. The minimum absolute atomic E-state index is 0.0681. The molecule has 2 aliphatic heterocycles. The van der Waals surface area contributed by atoms with Crippen molar-refractivity contribution in [2.75, 3.05) is 35.4 Å². The number of ether oxygens (including phenoxy) is 1. The third kappa shape index (κ3) is 4.46. The van der Waals surface area contributed by atoms with Gasteiger partial charge in [-0.05, 0) is 42.8 Å². The molecule has 0 aliphatic carbocycles. The number of para-hydroxylation sites is 1. The fourth-order valence-corrected chi connectivity index (χ4v) is 7.33. The molecule has 0 radical (unpaired) electrons. The normalized spacial score (nSPS) is 21.6. The second kappa shape index (κ2) is 8.31. The lowest BCUT2D eigenvalue weighted by atomic mass is 10.2. The molecule has 2 aromatic carbocycles. The van der Waals surface area contributed by atoms with Gasteiger partial charge in [0.05, 0.1) is 24.7 Å². The Morgan fingerprint density at radius 3 is 2.60 bits per heavy atom. The summed E-state index contributed by atoms with van der Waals surface area (Å²) < 4.78 is 29.0. The summed E-state index contributed by atoms with van der Waals surface area (Å²) in [5.74, 6) is 0.737. The summed E-state index contributed by atoms with van der Waals surface area (Å²) in [5.41, 5.74) is 2.54. The third-order valence-electron chi connectivity index (χ3n) is 5.14. The lowest BCUT2D eigenvalue weighted by molar-refractivity contribution is -0.114. The second-order valence-corrected chi connectivity index (χ2v) is 10.7. The lowest BCUT2D eigenvalue weighted by Crippen LogP contribution is -2.36. The topological polar surface area (TPSA) is 88.1 Å². The van der Waals surface area contributed by atoms with Crippen LogP contribution in [0.2, 0.25) is 0 Å². The molecule has 7 nitrogen and oxygen atoms in total. The van der Waals surface area contributed by atoms with E-state index in [0.717, 1.165) is 16.9 Å². The number of methoxy groups -OCH3 is 1. The molecule has 1 saturated heterocycles. The molecule has 0 bridgehead atoms. The van der Waals surface area contributed by atoms with Crippen molar-refractivity contribution in [2.24, 2.45) is 4.99 Å². The van der Waals surface area contributed by atoms with Crippen LogP contribution in [0.15, 0.2) is 53.5 Å². The van der Waals surface area contributed by atoms with Crippen LogP contribution in [0.1, 0.15) is 5.56 Å². The molecule has 158 valence electrons. The summed E-state index contributed by atoms with van der Waals surface area (Å²) in [5, 5.41) is 3.53. The number of sulfone groups is 1. The second-order valence-electron chi connectivity index (χ2n) is 7.36. The smallest absolute Gasteiger partial charge is 0.244 e. The number of amides is 1. The number of rotatable bonds is 5. The first-order valence-electron chi connectivity index (χ1n) is 9.56. The molecule has 0 spiro atoms. The van der Waals surface area contributed by atoms with Gasteiger partial charge in [-0.15, -0.1) is 0 Å². The maximum Gasteiger partial charge on any atom is 0.244 e. The average Bonchev–Trinajstić information content (AvgIpc) is 3.21. The Morgan fingerprint density at radius 2 is 1.93 bits per heavy atom. The minimum Gasteiger partial charge on any atom is -0.497 e. The summed E-state index contributed by atoms with van der Waals surface area (Å²) in [6.07, 6.45) is 0. The van der Waals surface area contributed by atoms with Gasteiger partial charge in [0.2, 0.25) is 5.91 Å².